The number of likely N-dealkylation sites (tertiary alicyclic amines) is 1. The number of furan rings is 1. The van der Waals surface area contributed by atoms with Crippen molar-refractivity contribution in [3.05, 3.63) is 89.4 Å². The molecule has 0 saturated carbocycles. The fraction of sp³-hybridized carbons (Fsp3) is 0.259. The van der Waals surface area contributed by atoms with Crippen LogP contribution in [0.2, 0.25) is 0 Å². The predicted octanol–water partition coefficient (Wildman–Crippen LogP) is 5.09. The molecular weight excluding hydrogens is 434 g/mol. The maximum atomic E-state index is 13.2. The van der Waals surface area contributed by atoms with Gasteiger partial charge in [0.05, 0.1) is 38.1 Å². The first-order valence-electron chi connectivity index (χ1n) is 11.2. The number of ether oxygens (including phenoxy) is 2. The fourth-order valence-corrected chi connectivity index (χ4v) is 3.99. The summed E-state index contributed by atoms with van der Waals surface area (Å²) in [6.45, 7) is 2.71. The van der Waals surface area contributed by atoms with E-state index in [1.165, 1.54) is 11.2 Å². The van der Waals surface area contributed by atoms with E-state index in [4.69, 9.17) is 13.9 Å². The molecule has 2 heterocycles. The van der Waals surface area contributed by atoms with Crippen LogP contribution < -0.4 is 9.47 Å². The lowest BCUT2D eigenvalue weighted by Crippen LogP contribution is -2.29. The smallest absolute Gasteiger partial charge is 0.296 e. The van der Waals surface area contributed by atoms with Crippen molar-refractivity contribution < 1.29 is 28.6 Å². The maximum absolute atomic E-state index is 13.2. The molecule has 1 saturated heterocycles. The Balaban J connectivity index is 1.79. The Morgan fingerprint density at radius 1 is 1.06 bits per heavy atom. The summed E-state index contributed by atoms with van der Waals surface area (Å²) in [4.78, 5) is 27.7. The molecule has 1 unspecified atom stereocenters. The van der Waals surface area contributed by atoms with Crippen molar-refractivity contribution in [1.82, 2.24) is 4.90 Å². The van der Waals surface area contributed by atoms with Crippen molar-refractivity contribution in [2.24, 2.45) is 0 Å². The summed E-state index contributed by atoms with van der Waals surface area (Å²) in [5, 5.41) is 11.3. The van der Waals surface area contributed by atoms with Crippen molar-refractivity contribution in [2.75, 3.05) is 13.7 Å². The van der Waals surface area contributed by atoms with Gasteiger partial charge in [0.2, 0.25) is 0 Å². The summed E-state index contributed by atoms with van der Waals surface area (Å²) in [5.41, 5.74) is 1.05. The monoisotopic (exact) mass is 461 g/mol. The normalized spacial score (nSPS) is 17.2. The summed E-state index contributed by atoms with van der Waals surface area (Å²) in [6.07, 6.45) is 3.42. The molecule has 0 spiro atoms. The second-order valence-corrected chi connectivity index (χ2v) is 8.01. The lowest BCUT2D eigenvalue weighted by atomic mass is 9.95. The molecule has 34 heavy (non-hydrogen) atoms. The Morgan fingerprint density at radius 2 is 1.85 bits per heavy atom. The number of aliphatic hydroxyl groups is 1. The fourth-order valence-electron chi connectivity index (χ4n) is 3.99. The van der Waals surface area contributed by atoms with Crippen molar-refractivity contribution in [3.63, 3.8) is 0 Å². The Morgan fingerprint density at radius 3 is 2.59 bits per heavy atom. The molecule has 7 heteroatoms. The highest BCUT2D eigenvalue weighted by molar-refractivity contribution is 6.46. The number of benzene rings is 2. The van der Waals surface area contributed by atoms with Crippen LogP contribution >= 0.6 is 0 Å². The molecule has 2 aromatic carbocycles. The minimum absolute atomic E-state index is 0.00974. The zero-order valence-electron chi connectivity index (χ0n) is 19.2. The highest BCUT2D eigenvalue weighted by Crippen LogP contribution is 2.41. The number of unbranched alkanes of at least 4 members (excludes halogenated alkanes) is 1. The van der Waals surface area contributed by atoms with E-state index in [2.05, 4.69) is 6.92 Å². The van der Waals surface area contributed by atoms with Gasteiger partial charge in [-0.2, -0.15) is 0 Å². The van der Waals surface area contributed by atoms with Gasteiger partial charge in [0.25, 0.3) is 11.7 Å². The largest absolute Gasteiger partial charge is 0.507 e. The van der Waals surface area contributed by atoms with Crippen LogP contribution in [0.3, 0.4) is 0 Å². The molecule has 3 aromatic rings. The zero-order chi connectivity index (χ0) is 24.1. The zero-order valence-corrected chi connectivity index (χ0v) is 19.2. The third-order valence-electron chi connectivity index (χ3n) is 5.73. The summed E-state index contributed by atoms with van der Waals surface area (Å²) in [6, 6.07) is 16.6. The van der Waals surface area contributed by atoms with E-state index in [-0.39, 0.29) is 17.9 Å². The molecule has 1 aliphatic rings. The minimum Gasteiger partial charge on any atom is -0.507 e. The van der Waals surface area contributed by atoms with E-state index < -0.39 is 17.7 Å². The van der Waals surface area contributed by atoms with Crippen LogP contribution in [0.5, 0.6) is 11.5 Å². The van der Waals surface area contributed by atoms with Crippen molar-refractivity contribution in [2.45, 2.75) is 32.4 Å². The summed E-state index contributed by atoms with van der Waals surface area (Å²) >= 11 is 0. The molecule has 0 bridgehead atoms. The van der Waals surface area contributed by atoms with Gasteiger partial charge in [-0.3, -0.25) is 9.59 Å². The molecule has 176 valence electrons. The molecule has 0 radical (unpaired) electrons. The van der Waals surface area contributed by atoms with Crippen LogP contribution in [-0.4, -0.2) is 35.4 Å². The maximum Gasteiger partial charge on any atom is 0.296 e. The molecule has 4 rings (SSSR count). The molecule has 7 nitrogen and oxygen atoms in total. The van der Waals surface area contributed by atoms with Crippen LogP contribution in [0.4, 0.5) is 0 Å². The third-order valence-corrected chi connectivity index (χ3v) is 5.73. The molecule has 1 amide bonds. The van der Waals surface area contributed by atoms with Crippen molar-refractivity contribution in [1.29, 1.82) is 0 Å². The molecule has 1 aromatic heterocycles. The first-order valence-corrected chi connectivity index (χ1v) is 11.2. The van der Waals surface area contributed by atoms with Gasteiger partial charge in [-0.15, -0.1) is 0 Å². The number of hydrogen-bond acceptors (Lipinski definition) is 6. The van der Waals surface area contributed by atoms with Gasteiger partial charge in [0.15, 0.2) is 0 Å². The number of Topliss-reactive ketones (excluding diaryl/α,β-unsaturated/α-hetero) is 1. The molecule has 1 N–H and O–H groups in total. The summed E-state index contributed by atoms with van der Waals surface area (Å²) in [5.74, 6) is -0.0295. The second kappa shape index (κ2) is 10.3. The van der Waals surface area contributed by atoms with Crippen LogP contribution in [0.15, 0.2) is 76.9 Å². The van der Waals surface area contributed by atoms with Crippen molar-refractivity contribution >= 4 is 17.4 Å². The highest BCUT2D eigenvalue weighted by Gasteiger charge is 2.46. The highest BCUT2D eigenvalue weighted by atomic mass is 16.5. The van der Waals surface area contributed by atoms with Gasteiger partial charge in [-0.25, -0.2) is 0 Å². The lowest BCUT2D eigenvalue weighted by molar-refractivity contribution is -0.140. The Bertz CT molecular complexity index is 1200. The van der Waals surface area contributed by atoms with Crippen LogP contribution in [0.25, 0.3) is 5.76 Å². The quantitative estimate of drug-likeness (QED) is 0.207. The average Bonchev–Trinajstić information content (AvgIpc) is 3.46. The van der Waals surface area contributed by atoms with E-state index in [1.807, 2.05) is 0 Å². The van der Waals surface area contributed by atoms with Gasteiger partial charge >= 0.3 is 0 Å². The first kappa shape index (κ1) is 23.2. The number of rotatable bonds is 9. The van der Waals surface area contributed by atoms with Crippen LogP contribution in [0.1, 0.15) is 42.7 Å². The molecule has 1 fully saturated rings. The number of carbonyl (C=O) groups excluding carboxylic acids is 2. The van der Waals surface area contributed by atoms with Crippen LogP contribution in [-0.2, 0) is 16.1 Å². The van der Waals surface area contributed by atoms with Gasteiger partial charge in [-0.1, -0.05) is 37.6 Å². The van der Waals surface area contributed by atoms with Gasteiger partial charge in [-0.05, 0) is 48.4 Å². The summed E-state index contributed by atoms with van der Waals surface area (Å²) < 4.78 is 16.5. The number of nitrogens with zero attached hydrogens (tertiary/aromatic N) is 1. The van der Waals surface area contributed by atoms with E-state index in [1.54, 1.807) is 67.8 Å². The van der Waals surface area contributed by atoms with E-state index >= 15 is 0 Å². The molecule has 1 atom stereocenters. The van der Waals surface area contributed by atoms with Gasteiger partial charge < -0.3 is 23.9 Å². The number of amides is 1. The number of ketones is 1. The SMILES string of the molecule is CCCCOc1cccc(C(O)=C2C(=O)C(=O)N(Cc3ccco3)C2c2cccc(OC)c2)c1. The number of carbonyl (C=O) groups is 2. The topological polar surface area (TPSA) is 89.2 Å². The lowest BCUT2D eigenvalue weighted by Gasteiger charge is -2.24. The average molecular weight is 462 g/mol. The Labute approximate surface area is 198 Å². The third kappa shape index (κ3) is 4.69. The van der Waals surface area contributed by atoms with Crippen LogP contribution in [0, 0.1) is 0 Å². The molecule has 1 aliphatic heterocycles. The number of aliphatic hydroxyl groups excluding tert-OH is 1. The van der Waals surface area contributed by atoms with Gasteiger partial charge in [0, 0.05) is 5.56 Å². The van der Waals surface area contributed by atoms with Crippen molar-refractivity contribution in [3.8, 4) is 11.5 Å². The standard InChI is InChI=1S/C27H27NO6/c1-3-4-13-33-21-11-6-9-19(16-21)25(29)23-24(18-8-5-10-20(15-18)32-2)28(27(31)26(23)30)17-22-12-7-14-34-22/h5-12,14-16,24,29H,3-4,13,17H2,1-2H3. The number of methoxy groups -OCH3 is 1. The van der Waals surface area contributed by atoms with E-state index in [9.17, 15) is 14.7 Å². The minimum atomic E-state index is -0.815. The summed E-state index contributed by atoms with van der Waals surface area (Å²) in [7, 11) is 1.54. The molecule has 0 aliphatic carbocycles. The Hall–Kier alpha value is -4.00. The van der Waals surface area contributed by atoms with Gasteiger partial charge in [0.1, 0.15) is 23.0 Å². The molecular formula is C27H27NO6. The Kier molecular flexibility index (Phi) is 7.01. The predicted molar refractivity (Wildman–Crippen MR) is 126 cm³/mol. The second-order valence-electron chi connectivity index (χ2n) is 8.01. The van der Waals surface area contributed by atoms with E-state index in [0.717, 1.165) is 12.8 Å². The number of hydrogen-bond donors (Lipinski definition) is 1. The first-order chi connectivity index (χ1) is 16.5. The van der Waals surface area contributed by atoms with E-state index in [0.29, 0.717) is 35.0 Å².